The Morgan fingerprint density at radius 3 is 3.14 bits per heavy atom. The first-order valence-electron chi connectivity index (χ1n) is 7.85. The second-order valence-corrected chi connectivity index (χ2v) is 6.01. The summed E-state index contributed by atoms with van der Waals surface area (Å²) < 4.78 is 5.55. The van der Waals surface area contributed by atoms with E-state index in [2.05, 4.69) is 16.4 Å². The summed E-state index contributed by atoms with van der Waals surface area (Å²) in [5.74, 6) is -0.00368. The number of hydrogen-bond acceptors (Lipinski definition) is 2. The van der Waals surface area contributed by atoms with Crippen LogP contribution in [-0.2, 0) is 17.6 Å². The predicted molar refractivity (Wildman–Crippen MR) is 81.6 cm³/mol. The normalized spacial score (nSPS) is 20.9. The van der Waals surface area contributed by atoms with Gasteiger partial charge in [-0.2, -0.15) is 0 Å². The predicted octanol–water partition coefficient (Wildman–Crippen LogP) is 2.57. The molecule has 1 aromatic carbocycles. The lowest BCUT2D eigenvalue weighted by Gasteiger charge is -2.11. The Morgan fingerprint density at radius 2 is 2.29 bits per heavy atom. The standard InChI is InChI=1S/C17H20N2O2/c20-17(18-10-11-4-3-9-21-11)14-7-1-6-13-12-5-2-8-15(12)19-16(13)14/h1,6-7,11,19H,2-5,8-10H2,(H,18,20). The average Bonchev–Trinajstić information content (AvgIpc) is 3.20. The summed E-state index contributed by atoms with van der Waals surface area (Å²) in [5.41, 5.74) is 4.45. The number of aryl methyl sites for hydroxylation is 2. The molecule has 2 aliphatic rings. The molecule has 1 amide bonds. The molecule has 1 saturated heterocycles. The number of carbonyl (C=O) groups is 1. The van der Waals surface area contributed by atoms with E-state index in [9.17, 15) is 4.79 Å². The van der Waals surface area contributed by atoms with Crippen molar-refractivity contribution in [2.75, 3.05) is 13.2 Å². The van der Waals surface area contributed by atoms with Crippen molar-refractivity contribution in [2.24, 2.45) is 0 Å². The molecular weight excluding hydrogens is 264 g/mol. The molecule has 21 heavy (non-hydrogen) atoms. The summed E-state index contributed by atoms with van der Waals surface area (Å²) in [5, 5.41) is 4.23. The number of ether oxygens (including phenoxy) is 1. The first-order chi connectivity index (χ1) is 10.3. The fourth-order valence-electron chi connectivity index (χ4n) is 3.56. The first-order valence-corrected chi connectivity index (χ1v) is 7.85. The SMILES string of the molecule is O=C(NCC1CCCO1)c1cccc2c3c([nH]c12)CCC3. The highest BCUT2D eigenvalue weighted by Gasteiger charge is 2.21. The van der Waals surface area contributed by atoms with Crippen LogP contribution in [0, 0.1) is 0 Å². The summed E-state index contributed by atoms with van der Waals surface area (Å²) in [7, 11) is 0. The Kier molecular flexibility index (Phi) is 3.19. The Bertz CT molecular complexity index is 683. The zero-order valence-corrected chi connectivity index (χ0v) is 12.1. The smallest absolute Gasteiger partial charge is 0.253 e. The molecule has 1 aliphatic carbocycles. The molecule has 1 atom stereocenters. The minimum absolute atomic E-state index is 0.00368. The van der Waals surface area contributed by atoms with Gasteiger partial charge in [-0.25, -0.2) is 0 Å². The second kappa shape index (κ2) is 5.19. The lowest BCUT2D eigenvalue weighted by Crippen LogP contribution is -2.31. The van der Waals surface area contributed by atoms with E-state index in [-0.39, 0.29) is 12.0 Å². The van der Waals surface area contributed by atoms with Crippen LogP contribution in [0.3, 0.4) is 0 Å². The summed E-state index contributed by atoms with van der Waals surface area (Å²) in [4.78, 5) is 15.9. The molecule has 0 saturated carbocycles. The summed E-state index contributed by atoms with van der Waals surface area (Å²) in [6, 6.07) is 6.00. The van der Waals surface area contributed by atoms with Gasteiger partial charge in [-0.15, -0.1) is 0 Å². The van der Waals surface area contributed by atoms with Crippen molar-refractivity contribution in [3.8, 4) is 0 Å². The largest absolute Gasteiger partial charge is 0.376 e. The van der Waals surface area contributed by atoms with Gasteiger partial charge in [-0.1, -0.05) is 12.1 Å². The van der Waals surface area contributed by atoms with E-state index in [0.29, 0.717) is 6.54 Å². The zero-order chi connectivity index (χ0) is 14.2. The molecule has 2 aromatic rings. The first kappa shape index (κ1) is 12.9. The van der Waals surface area contributed by atoms with Crippen LogP contribution in [0.5, 0.6) is 0 Å². The van der Waals surface area contributed by atoms with Crippen molar-refractivity contribution in [3.63, 3.8) is 0 Å². The Morgan fingerprint density at radius 1 is 1.33 bits per heavy atom. The highest BCUT2D eigenvalue weighted by atomic mass is 16.5. The highest BCUT2D eigenvalue weighted by molar-refractivity contribution is 6.06. The van der Waals surface area contributed by atoms with Crippen molar-refractivity contribution in [3.05, 3.63) is 35.0 Å². The number of H-pyrrole nitrogens is 1. The molecule has 110 valence electrons. The van der Waals surface area contributed by atoms with Crippen LogP contribution in [0.15, 0.2) is 18.2 Å². The fourth-order valence-corrected chi connectivity index (χ4v) is 3.56. The van der Waals surface area contributed by atoms with E-state index in [1.165, 1.54) is 23.1 Å². The lowest BCUT2D eigenvalue weighted by atomic mass is 10.1. The van der Waals surface area contributed by atoms with E-state index in [4.69, 9.17) is 4.74 Å². The van der Waals surface area contributed by atoms with Gasteiger partial charge in [-0.05, 0) is 43.7 Å². The maximum atomic E-state index is 12.5. The van der Waals surface area contributed by atoms with Gasteiger partial charge >= 0.3 is 0 Å². The number of para-hydroxylation sites is 1. The average molecular weight is 284 g/mol. The molecule has 1 aromatic heterocycles. The maximum absolute atomic E-state index is 12.5. The van der Waals surface area contributed by atoms with Crippen molar-refractivity contribution in [1.82, 2.24) is 10.3 Å². The molecule has 2 N–H and O–H groups in total. The molecule has 4 nitrogen and oxygen atoms in total. The van der Waals surface area contributed by atoms with Gasteiger partial charge in [0.1, 0.15) is 0 Å². The number of hydrogen-bond donors (Lipinski definition) is 2. The van der Waals surface area contributed by atoms with Crippen LogP contribution in [0.25, 0.3) is 10.9 Å². The van der Waals surface area contributed by atoms with Crippen LogP contribution in [0.2, 0.25) is 0 Å². The lowest BCUT2D eigenvalue weighted by molar-refractivity contribution is 0.0859. The molecular formula is C17H20N2O2. The van der Waals surface area contributed by atoms with Crippen LogP contribution in [0.1, 0.15) is 40.9 Å². The number of nitrogens with one attached hydrogen (secondary N) is 2. The summed E-state index contributed by atoms with van der Waals surface area (Å²) >= 11 is 0. The van der Waals surface area contributed by atoms with Crippen LogP contribution in [-0.4, -0.2) is 30.1 Å². The molecule has 1 aliphatic heterocycles. The number of amides is 1. The minimum Gasteiger partial charge on any atom is -0.376 e. The fraction of sp³-hybridized carbons (Fsp3) is 0.471. The van der Waals surface area contributed by atoms with Crippen LogP contribution < -0.4 is 5.32 Å². The third kappa shape index (κ3) is 2.23. The molecule has 2 heterocycles. The number of aromatic amines is 1. The number of benzene rings is 1. The molecule has 1 unspecified atom stereocenters. The van der Waals surface area contributed by atoms with Crippen LogP contribution in [0.4, 0.5) is 0 Å². The van der Waals surface area contributed by atoms with E-state index >= 15 is 0 Å². The van der Waals surface area contributed by atoms with Gasteiger partial charge in [0.15, 0.2) is 0 Å². The summed E-state index contributed by atoms with van der Waals surface area (Å²) in [6.07, 6.45) is 5.76. The van der Waals surface area contributed by atoms with Gasteiger partial charge in [0.2, 0.25) is 0 Å². The molecule has 0 radical (unpaired) electrons. The maximum Gasteiger partial charge on any atom is 0.253 e. The topological polar surface area (TPSA) is 54.1 Å². The third-order valence-electron chi connectivity index (χ3n) is 4.64. The Hall–Kier alpha value is -1.81. The van der Waals surface area contributed by atoms with Crippen molar-refractivity contribution in [1.29, 1.82) is 0 Å². The van der Waals surface area contributed by atoms with E-state index < -0.39 is 0 Å². The number of aromatic nitrogens is 1. The molecule has 1 fully saturated rings. The van der Waals surface area contributed by atoms with Gasteiger partial charge in [0, 0.05) is 24.2 Å². The van der Waals surface area contributed by atoms with Gasteiger partial charge in [-0.3, -0.25) is 4.79 Å². The van der Waals surface area contributed by atoms with Gasteiger partial charge in [0.05, 0.1) is 17.2 Å². The van der Waals surface area contributed by atoms with Gasteiger partial charge in [0.25, 0.3) is 5.91 Å². The number of fused-ring (bicyclic) bond motifs is 3. The quantitative estimate of drug-likeness (QED) is 0.910. The Labute approximate surface area is 123 Å². The van der Waals surface area contributed by atoms with Crippen molar-refractivity contribution < 1.29 is 9.53 Å². The summed E-state index contributed by atoms with van der Waals surface area (Å²) in [6.45, 7) is 1.43. The molecule has 0 bridgehead atoms. The Balaban J connectivity index is 1.59. The van der Waals surface area contributed by atoms with E-state index in [1.807, 2.05) is 12.1 Å². The highest BCUT2D eigenvalue weighted by Crippen LogP contribution is 2.31. The molecule has 4 heteroatoms. The van der Waals surface area contributed by atoms with Gasteiger partial charge < -0.3 is 15.0 Å². The van der Waals surface area contributed by atoms with Crippen molar-refractivity contribution >= 4 is 16.8 Å². The number of rotatable bonds is 3. The van der Waals surface area contributed by atoms with Crippen molar-refractivity contribution in [2.45, 2.75) is 38.2 Å². The molecule has 4 rings (SSSR count). The van der Waals surface area contributed by atoms with E-state index in [1.54, 1.807) is 0 Å². The molecule has 0 spiro atoms. The zero-order valence-electron chi connectivity index (χ0n) is 12.1. The third-order valence-corrected chi connectivity index (χ3v) is 4.64. The van der Waals surface area contributed by atoms with Crippen LogP contribution >= 0.6 is 0 Å². The monoisotopic (exact) mass is 284 g/mol. The minimum atomic E-state index is -0.00368. The van der Waals surface area contributed by atoms with E-state index in [0.717, 1.165) is 43.4 Å². The second-order valence-electron chi connectivity index (χ2n) is 6.01. The number of carbonyl (C=O) groups excluding carboxylic acids is 1.